The van der Waals surface area contributed by atoms with Gasteiger partial charge in [-0.3, -0.25) is 14.4 Å². The number of hydrogen-bond donors (Lipinski definition) is 1. The molecule has 0 atom stereocenters. The summed E-state index contributed by atoms with van der Waals surface area (Å²) in [5, 5.41) is 0. The summed E-state index contributed by atoms with van der Waals surface area (Å²) in [7, 11) is -3.44. The number of rotatable bonds is 6. The number of benzene rings is 2. The molecule has 1 N–H and O–H groups in total. The molecule has 0 spiro atoms. The van der Waals surface area contributed by atoms with Crippen LogP contribution in [0.25, 0.3) is 0 Å². The maximum Gasteiger partial charge on any atom is 0.256 e. The lowest BCUT2D eigenvalue weighted by Gasteiger charge is -2.35. The second kappa shape index (κ2) is 8.97. The number of carbonyl (C=O) groups is 1. The molecule has 1 aliphatic rings. The lowest BCUT2D eigenvalue weighted by Crippen LogP contribution is -2.48. The highest BCUT2D eigenvalue weighted by Gasteiger charge is 2.24. The average molecular weight is 416 g/mol. The van der Waals surface area contributed by atoms with Gasteiger partial charge >= 0.3 is 0 Å². The van der Waals surface area contributed by atoms with Crippen LogP contribution in [-0.4, -0.2) is 56.6 Å². The Kier molecular flexibility index (Phi) is 6.59. The molecule has 29 heavy (non-hydrogen) atoms. The summed E-state index contributed by atoms with van der Waals surface area (Å²) in [5.41, 5.74) is 3.32. The van der Waals surface area contributed by atoms with Gasteiger partial charge in [0.25, 0.3) is 5.91 Å². The van der Waals surface area contributed by atoms with Crippen molar-refractivity contribution in [2.24, 2.45) is 0 Å². The number of amides is 1. The Labute approximate surface area is 173 Å². The van der Waals surface area contributed by atoms with Crippen LogP contribution in [0.15, 0.2) is 48.5 Å². The molecule has 0 bridgehead atoms. The fourth-order valence-electron chi connectivity index (χ4n) is 3.50. The predicted molar refractivity (Wildman–Crippen MR) is 117 cm³/mol. The van der Waals surface area contributed by atoms with E-state index in [9.17, 15) is 13.2 Å². The molecule has 0 aromatic heterocycles. The minimum Gasteiger partial charge on any atom is -0.336 e. The van der Waals surface area contributed by atoms with Crippen molar-refractivity contribution in [3.8, 4) is 0 Å². The number of nitrogens with zero attached hydrogens (tertiary/aromatic N) is 2. The van der Waals surface area contributed by atoms with Gasteiger partial charge < -0.3 is 4.90 Å². The van der Waals surface area contributed by atoms with Crippen LogP contribution in [-0.2, 0) is 16.6 Å². The summed E-state index contributed by atoms with van der Waals surface area (Å²) in [6.45, 7) is 8.07. The molecule has 1 amide bonds. The van der Waals surface area contributed by atoms with Gasteiger partial charge in [0.1, 0.15) is 0 Å². The molecule has 1 aliphatic heterocycles. The van der Waals surface area contributed by atoms with Crippen molar-refractivity contribution in [2.75, 3.05) is 37.2 Å². The van der Waals surface area contributed by atoms with E-state index in [2.05, 4.69) is 47.7 Å². The van der Waals surface area contributed by atoms with Crippen molar-refractivity contribution < 1.29 is 13.2 Å². The van der Waals surface area contributed by atoms with E-state index in [1.165, 1.54) is 11.1 Å². The Balaban J connectivity index is 1.60. The first-order chi connectivity index (χ1) is 13.7. The quantitative estimate of drug-likeness (QED) is 0.787. The van der Waals surface area contributed by atoms with E-state index in [1.807, 2.05) is 0 Å². The molecule has 1 heterocycles. The number of anilines is 1. The first-order valence-electron chi connectivity index (χ1n) is 9.90. The maximum atomic E-state index is 12.9. The average Bonchev–Trinajstić information content (AvgIpc) is 2.68. The molecular formula is C22H29N3O3S. The first-order valence-corrected chi connectivity index (χ1v) is 11.8. The van der Waals surface area contributed by atoms with Crippen LogP contribution < -0.4 is 4.72 Å². The van der Waals surface area contributed by atoms with Gasteiger partial charge in [-0.15, -0.1) is 0 Å². The predicted octanol–water partition coefficient (Wildman–Crippen LogP) is 3.14. The van der Waals surface area contributed by atoms with E-state index in [-0.39, 0.29) is 5.91 Å². The zero-order valence-electron chi connectivity index (χ0n) is 17.3. The third-order valence-corrected chi connectivity index (χ3v) is 5.76. The van der Waals surface area contributed by atoms with Crippen LogP contribution in [0, 0.1) is 0 Å². The molecule has 2 aromatic rings. The van der Waals surface area contributed by atoms with Gasteiger partial charge in [0.05, 0.1) is 17.5 Å². The van der Waals surface area contributed by atoms with Crippen molar-refractivity contribution in [1.29, 1.82) is 0 Å². The Hall–Kier alpha value is -2.38. The number of piperazine rings is 1. The number of nitrogens with one attached hydrogen (secondary N) is 1. The molecule has 6 nitrogen and oxygen atoms in total. The molecule has 2 aromatic carbocycles. The van der Waals surface area contributed by atoms with Crippen molar-refractivity contribution in [3.05, 3.63) is 65.2 Å². The van der Waals surface area contributed by atoms with Crippen LogP contribution in [0.3, 0.4) is 0 Å². The molecule has 1 saturated heterocycles. The summed E-state index contributed by atoms with van der Waals surface area (Å²) in [6.07, 6.45) is 1.08. The molecular weight excluding hydrogens is 386 g/mol. The monoisotopic (exact) mass is 415 g/mol. The molecule has 0 aliphatic carbocycles. The minimum atomic E-state index is -3.44. The smallest absolute Gasteiger partial charge is 0.256 e. The molecule has 3 rings (SSSR count). The summed E-state index contributed by atoms with van der Waals surface area (Å²) >= 11 is 0. The molecule has 7 heteroatoms. The highest BCUT2D eigenvalue weighted by atomic mass is 32.2. The van der Waals surface area contributed by atoms with E-state index in [4.69, 9.17) is 0 Å². The van der Waals surface area contributed by atoms with Gasteiger partial charge in [0, 0.05) is 32.7 Å². The Morgan fingerprint density at radius 2 is 1.62 bits per heavy atom. The van der Waals surface area contributed by atoms with Crippen LogP contribution in [0.1, 0.15) is 41.3 Å². The largest absolute Gasteiger partial charge is 0.336 e. The zero-order valence-corrected chi connectivity index (χ0v) is 18.1. The van der Waals surface area contributed by atoms with Gasteiger partial charge in [0.15, 0.2) is 0 Å². The number of sulfonamides is 1. The highest BCUT2D eigenvalue weighted by Crippen LogP contribution is 2.20. The zero-order chi connectivity index (χ0) is 21.0. The third kappa shape index (κ3) is 5.81. The second-order valence-corrected chi connectivity index (χ2v) is 9.63. The minimum absolute atomic E-state index is 0.141. The first kappa shape index (κ1) is 21.3. The molecule has 0 radical (unpaired) electrons. The van der Waals surface area contributed by atoms with Gasteiger partial charge in [-0.25, -0.2) is 8.42 Å². The molecule has 1 fully saturated rings. The van der Waals surface area contributed by atoms with Crippen LogP contribution in [0.2, 0.25) is 0 Å². The standard InChI is InChI=1S/C22H29N3O3S/c1-17(2)19-10-8-18(9-11-19)16-24-12-14-25(15-13-24)22(26)20-6-4-5-7-21(20)23-29(3,27)28/h4-11,17,23H,12-16H2,1-3H3. The van der Waals surface area contributed by atoms with Gasteiger partial charge in [-0.1, -0.05) is 50.2 Å². The van der Waals surface area contributed by atoms with Gasteiger partial charge in [-0.2, -0.15) is 0 Å². The van der Waals surface area contributed by atoms with Crippen molar-refractivity contribution >= 4 is 21.6 Å². The van der Waals surface area contributed by atoms with Crippen LogP contribution in [0.4, 0.5) is 5.69 Å². The topological polar surface area (TPSA) is 69.7 Å². The van der Waals surface area contributed by atoms with Gasteiger partial charge in [-0.05, 0) is 29.2 Å². The van der Waals surface area contributed by atoms with E-state index < -0.39 is 10.0 Å². The van der Waals surface area contributed by atoms with E-state index in [0.717, 1.165) is 25.9 Å². The normalized spacial score (nSPS) is 15.5. The fourth-order valence-corrected chi connectivity index (χ4v) is 4.08. The maximum absolute atomic E-state index is 12.9. The van der Waals surface area contributed by atoms with E-state index in [1.54, 1.807) is 29.2 Å². The summed E-state index contributed by atoms with van der Waals surface area (Å²) in [4.78, 5) is 17.1. The Morgan fingerprint density at radius 3 is 2.21 bits per heavy atom. The number of carbonyl (C=O) groups excluding carboxylic acids is 1. The van der Waals surface area contributed by atoms with E-state index >= 15 is 0 Å². The van der Waals surface area contributed by atoms with Crippen molar-refractivity contribution in [3.63, 3.8) is 0 Å². The molecule has 156 valence electrons. The molecule has 0 unspecified atom stereocenters. The lowest BCUT2D eigenvalue weighted by molar-refractivity contribution is 0.0629. The SMILES string of the molecule is CC(C)c1ccc(CN2CCN(C(=O)c3ccccc3NS(C)(=O)=O)CC2)cc1. The summed E-state index contributed by atoms with van der Waals surface area (Å²) < 4.78 is 25.6. The second-order valence-electron chi connectivity index (χ2n) is 7.88. The summed E-state index contributed by atoms with van der Waals surface area (Å²) in [6, 6.07) is 15.5. The van der Waals surface area contributed by atoms with Gasteiger partial charge in [0.2, 0.25) is 10.0 Å². The van der Waals surface area contributed by atoms with Crippen LogP contribution >= 0.6 is 0 Å². The van der Waals surface area contributed by atoms with E-state index in [0.29, 0.717) is 30.3 Å². The third-order valence-electron chi connectivity index (χ3n) is 5.16. The Morgan fingerprint density at radius 1 is 1.00 bits per heavy atom. The number of hydrogen-bond acceptors (Lipinski definition) is 4. The fraction of sp³-hybridized carbons (Fsp3) is 0.409. The summed E-state index contributed by atoms with van der Waals surface area (Å²) in [5.74, 6) is 0.386. The van der Waals surface area contributed by atoms with Crippen molar-refractivity contribution in [1.82, 2.24) is 9.80 Å². The lowest BCUT2D eigenvalue weighted by atomic mass is 10.0. The highest BCUT2D eigenvalue weighted by molar-refractivity contribution is 7.92. The van der Waals surface area contributed by atoms with Crippen molar-refractivity contribution in [2.45, 2.75) is 26.3 Å². The number of para-hydroxylation sites is 1. The Bertz CT molecular complexity index is 948. The molecule has 0 saturated carbocycles. The van der Waals surface area contributed by atoms with Crippen LogP contribution in [0.5, 0.6) is 0 Å².